The topological polar surface area (TPSA) is 142 Å². The van der Waals surface area contributed by atoms with Gasteiger partial charge in [-0.05, 0) is 60.1 Å². The largest absolute Gasteiger partial charge is 0.462 e. The third-order valence-electron chi connectivity index (χ3n) is 6.95. The summed E-state index contributed by atoms with van der Waals surface area (Å²) in [4.78, 5) is 49.8. The van der Waals surface area contributed by atoms with Crippen LogP contribution in [-0.4, -0.2) is 92.0 Å². The Kier molecular flexibility index (Phi) is 18.1. The van der Waals surface area contributed by atoms with Gasteiger partial charge in [-0.1, -0.05) is 50.6 Å². The van der Waals surface area contributed by atoms with Crippen molar-refractivity contribution in [2.24, 2.45) is 0 Å². The predicted molar refractivity (Wildman–Crippen MR) is 186 cm³/mol. The van der Waals surface area contributed by atoms with Crippen molar-refractivity contribution in [1.29, 1.82) is 0 Å². The van der Waals surface area contributed by atoms with E-state index in [0.717, 1.165) is 0 Å². The predicted octanol–water partition coefficient (Wildman–Crippen LogP) is 4.93. The maximum absolute atomic E-state index is 12.8. The molecule has 0 N–H and O–H groups in total. The summed E-state index contributed by atoms with van der Waals surface area (Å²) in [5.41, 5.74) is 3.32. The molecular weight excluding hydrogens is 648 g/mol. The summed E-state index contributed by atoms with van der Waals surface area (Å²) in [6.45, 7) is 15.1. The van der Waals surface area contributed by atoms with E-state index >= 15 is 0 Å². The summed E-state index contributed by atoms with van der Waals surface area (Å²) in [6.07, 6.45) is 1.70. The number of benzene rings is 2. The number of ether oxygens (including phenoxy) is 8. The van der Waals surface area contributed by atoms with Crippen LogP contribution in [0.3, 0.4) is 0 Å². The molecule has 0 saturated heterocycles. The summed E-state index contributed by atoms with van der Waals surface area (Å²) < 4.78 is 41.9. The SMILES string of the molecule is C=C(COC)C(=O)OCCCc1ccc(-c2ccc(CCCOC(=O)C(=C)COC)c(OC(=O)C(=C)COC)c2)cc1OC(=O)C(=C)COC. The van der Waals surface area contributed by atoms with Crippen LogP contribution in [0, 0.1) is 0 Å². The molecule has 0 unspecified atom stereocenters. The van der Waals surface area contributed by atoms with Gasteiger partial charge in [0.05, 0.1) is 61.9 Å². The lowest BCUT2D eigenvalue weighted by molar-refractivity contribution is -0.140. The first-order valence-corrected chi connectivity index (χ1v) is 15.7. The molecule has 2 aromatic rings. The van der Waals surface area contributed by atoms with Crippen molar-refractivity contribution in [2.75, 3.05) is 68.1 Å². The summed E-state index contributed by atoms with van der Waals surface area (Å²) in [7, 11) is 5.80. The standard InChI is InChI=1S/C38H46O12/c1-25(21-43-5)35(39)47-17-9-11-29-13-15-31(19-33(29)49-37(41)27(3)23-45-7)32-16-14-30(12-10-18-48-36(40)26(2)22-44-6)34(20-32)50-38(42)28(4)24-46-8/h13-16,19-20H,1-4,9-12,17-18,21-24H2,5-8H3. The monoisotopic (exact) mass is 694 g/mol. The van der Waals surface area contributed by atoms with Crippen LogP contribution >= 0.6 is 0 Å². The Labute approximate surface area is 293 Å². The van der Waals surface area contributed by atoms with Gasteiger partial charge in [0.2, 0.25) is 0 Å². The fourth-order valence-corrected chi connectivity index (χ4v) is 4.41. The van der Waals surface area contributed by atoms with E-state index in [1.54, 1.807) is 24.3 Å². The summed E-state index contributed by atoms with van der Waals surface area (Å²) >= 11 is 0. The zero-order valence-corrected chi connectivity index (χ0v) is 29.3. The van der Waals surface area contributed by atoms with E-state index in [1.807, 2.05) is 12.1 Å². The fourth-order valence-electron chi connectivity index (χ4n) is 4.41. The highest BCUT2D eigenvalue weighted by molar-refractivity contribution is 5.91. The van der Waals surface area contributed by atoms with Crippen LogP contribution in [0.1, 0.15) is 24.0 Å². The molecule has 0 aromatic heterocycles. The van der Waals surface area contributed by atoms with Crippen LogP contribution in [0.25, 0.3) is 11.1 Å². The van der Waals surface area contributed by atoms with Crippen LogP contribution < -0.4 is 9.47 Å². The van der Waals surface area contributed by atoms with Crippen LogP contribution in [0.2, 0.25) is 0 Å². The van der Waals surface area contributed by atoms with Gasteiger partial charge in [-0.2, -0.15) is 0 Å². The molecule has 270 valence electrons. The second-order valence-electron chi connectivity index (χ2n) is 11.0. The normalized spacial score (nSPS) is 10.6. The molecule has 0 aliphatic heterocycles. The number of carbonyl (C=O) groups excluding carboxylic acids is 4. The maximum Gasteiger partial charge on any atom is 0.341 e. The first-order chi connectivity index (χ1) is 23.9. The van der Waals surface area contributed by atoms with Gasteiger partial charge < -0.3 is 37.9 Å². The van der Waals surface area contributed by atoms with Gasteiger partial charge >= 0.3 is 23.9 Å². The molecule has 0 aliphatic carbocycles. The van der Waals surface area contributed by atoms with Crippen LogP contribution in [0.5, 0.6) is 11.5 Å². The number of carbonyl (C=O) groups is 4. The van der Waals surface area contributed by atoms with Gasteiger partial charge in [0, 0.05) is 28.4 Å². The van der Waals surface area contributed by atoms with Gasteiger partial charge in [0.1, 0.15) is 11.5 Å². The summed E-state index contributed by atoms with van der Waals surface area (Å²) in [5.74, 6) is -1.89. The molecule has 0 bridgehead atoms. The Hall–Kier alpha value is -4.88. The summed E-state index contributed by atoms with van der Waals surface area (Å²) in [5, 5.41) is 0. The van der Waals surface area contributed by atoms with Gasteiger partial charge in [0.25, 0.3) is 0 Å². The lowest BCUT2D eigenvalue weighted by atomic mass is 9.98. The van der Waals surface area contributed by atoms with E-state index in [0.29, 0.717) is 47.9 Å². The molecule has 0 amide bonds. The van der Waals surface area contributed by atoms with Crippen molar-refractivity contribution < 1.29 is 57.1 Å². The van der Waals surface area contributed by atoms with Crippen molar-refractivity contribution in [2.45, 2.75) is 25.7 Å². The maximum atomic E-state index is 12.8. The lowest BCUT2D eigenvalue weighted by Gasteiger charge is -2.16. The zero-order chi connectivity index (χ0) is 37.1. The van der Waals surface area contributed by atoms with E-state index in [4.69, 9.17) is 37.9 Å². The van der Waals surface area contributed by atoms with Crippen LogP contribution in [-0.2, 0) is 60.4 Å². The third kappa shape index (κ3) is 13.6. The molecule has 0 aliphatic rings. The minimum atomic E-state index is -0.666. The highest BCUT2D eigenvalue weighted by atomic mass is 16.6. The Balaban J connectivity index is 2.37. The van der Waals surface area contributed by atoms with Crippen molar-refractivity contribution in [1.82, 2.24) is 0 Å². The van der Waals surface area contributed by atoms with Crippen molar-refractivity contribution >= 4 is 23.9 Å². The smallest absolute Gasteiger partial charge is 0.341 e. The third-order valence-corrected chi connectivity index (χ3v) is 6.95. The van der Waals surface area contributed by atoms with Gasteiger partial charge in [-0.15, -0.1) is 0 Å². The number of esters is 4. The molecule has 0 spiro atoms. The molecular formula is C38H46O12. The molecule has 0 radical (unpaired) electrons. The quantitative estimate of drug-likeness (QED) is 0.0674. The Bertz CT molecular complexity index is 1440. The van der Waals surface area contributed by atoms with E-state index in [1.165, 1.54) is 28.4 Å². The van der Waals surface area contributed by atoms with Crippen molar-refractivity contribution in [3.05, 3.63) is 96.1 Å². The molecule has 0 atom stereocenters. The fraction of sp³-hybridized carbons (Fsp3) is 0.368. The molecule has 2 aromatic carbocycles. The second-order valence-corrected chi connectivity index (χ2v) is 11.0. The number of aryl methyl sites for hydroxylation is 2. The average Bonchev–Trinajstić information content (AvgIpc) is 3.09. The van der Waals surface area contributed by atoms with Gasteiger partial charge in [0.15, 0.2) is 0 Å². The summed E-state index contributed by atoms with van der Waals surface area (Å²) in [6, 6.07) is 10.6. The highest BCUT2D eigenvalue weighted by Crippen LogP contribution is 2.33. The molecule has 0 heterocycles. The Morgan fingerprint density at radius 3 is 1.14 bits per heavy atom. The molecule has 0 fully saturated rings. The molecule has 0 saturated carbocycles. The zero-order valence-electron chi connectivity index (χ0n) is 29.3. The number of methoxy groups -OCH3 is 4. The van der Waals surface area contributed by atoms with E-state index in [9.17, 15) is 19.2 Å². The van der Waals surface area contributed by atoms with Crippen molar-refractivity contribution in [3.8, 4) is 22.6 Å². The highest BCUT2D eigenvalue weighted by Gasteiger charge is 2.18. The van der Waals surface area contributed by atoms with Crippen LogP contribution in [0.15, 0.2) is 85.0 Å². The lowest BCUT2D eigenvalue weighted by Crippen LogP contribution is -2.15. The molecule has 12 nitrogen and oxygen atoms in total. The Morgan fingerprint density at radius 2 is 0.820 bits per heavy atom. The minimum Gasteiger partial charge on any atom is -0.462 e. The van der Waals surface area contributed by atoms with Gasteiger partial charge in [-0.3, -0.25) is 0 Å². The van der Waals surface area contributed by atoms with E-state index in [2.05, 4.69) is 26.3 Å². The second kappa shape index (κ2) is 22.0. The first-order valence-electron chi connectivity index (χ1n) is 15.7. The van der Waals surface area contributed by atoms with E-state index < -0.39 is 23.9 Å². The number of hydrogen-bond donors (Lipinski definition) is 0. The Morgan fingerprint density at radius 1 is 0.500 bits per heavy atom. The molecule has 12 heteroatoms. The first kappa shape index (κ1) is 41.3. The average molecular weight is 695 g/mol. The molecule has 50 heavy (non-hydrogen) atoms. The van der Waals surface area contributed by atoms with Gasteiger partial charge in [-0.25, -0.2) is 19.2 Å². The van der Waals surface area contributed by atoms with Crippen molar-refractivity contribution in [3.63, 3.8) is 0 Å². The van der Waals surface area contributed by atoms with Crippen LogP contribution in [0.4, 0.5) is 0 Å². The minimum absolute atomic E-state index is 0.0131. The molecule has 2 rings (SSSR count). The number of hydrogen-bond acceptors (Lipinski definition) is 12. The van der Waals surface area contributed by atoms with E-state index in [-0.39, 0.29) is 73.4 Å². The number of rotatable bonds is 23.